The summed E-state index contributed by atoms with van der Waals surface area (Å²) in [5.74, 6) is -1.01. The smallest absolute Gasteiger partial charge is 0.402 e. The van der Waals surface area contributed by atoms with Gasteiger partial charge in [-0.1, -0.05) is 17.7 Å². The summed E-state index contributed by atoms with van der Waals surface area (Å²) in [6.07, 6.45) is -4.82. The van der Waals surface area contributed by atoms with E-state index in [-0.39, 0.29) is 16.8 Å². The van der Waals surface area contributed by atoms with Gasteiger partial charge in [0.15, 0.2) is 0 Å². The lowest BCUT2D eigenvalue weighted by Crippen LogP contribution is -2.34. The zero-order chi connectivity index (χ0) is 22.3. The van der Waals surface area contributed by atoms with Crippen LogP contribution in [0.4, 0.5) is 33.7 Å². The van der Waals surface area contributed by atoms with Gasteiger partial charge in [-0.3, -0.25) is 0 Å². The summed E-state index contributed by atoms with van der Waals surface area (Å²) in [4.78, 5) is 12.1. The van der Waals surface area contributed by atoms with E-state index in [0.717, 1.165) is 0 Å². The Bertz CT molecular complexity index is 971. The van der Waals surface area contributed by atoms with Crippen LogP contribution in [0.3, 0.4) is 0 Å². The lowest BCUT2D eigenvalue weighted by molar-refractivity contribution is -0.137. The standard InChI is InChI=1S/C19H18BClF4N2O3/c1-10-18(2,3)30-20(29-10)12-5-7-15(13(21)9-12)26-17(28)27-16-8-11(19(23,24)25)4-6-14(16)22/h4-10H,1-3H3,(H2,26,27,28). The maximum absolute atomic E-state index is 13.8. The van der Waals surface area contributed by atoms with Crippen molar-refractivity contribution in [2.45, 2.75) is 38.7 Å². The van der Waals surface area contributed by atoms with Crippen LogP contribution in [-0.2, 0) is 15.5 Å². The summed E-state index contributed by atoms with van der Waals surface area (Å²) in [6, 6.07) is 5.44. The minimum Gasteiger partial charge on any atom is -0.402 e. The molecule has 160 valence electrons. The first kappa shape index (κ1) is 22.4. The average molecular weight is 445 g/mol. The molecule has 1 saturated heterocycles. The highest BCUT2D eigenvalue weighted by atomic mass is 35.5. The first-order chi connectivity index (χ1) is 13.9. The molecule has 0 aliphatic carbocycles. The van der Waals surface area contributed by atoms with Crippen LogP contribution < -0.4 is 16.1 Å². The number of hydrogen-bond donors (Lipinski definition) is 2. The van der Waals surface area contributed by atoms with Gasteiger partial charge in [0.25, 0.3) is 0 Å². The van der Waals surface area contributed by atoms with E-state index in [4.69, 9.17) is 20.9 Å². The summed E-state index contributed by atoms with van der Waals surface area (Å²) in [6.45, 7) is 5.67. The summed E-state index contributed by atoms with van der Waals surface area (Å²) in [5.41, 5.74) is -1.37. The van der Waals surface area contributed by atoms with E-state index in [0.29, 0.717) is 23.7 Å². The minimum absolute atomic E-state index is 0.146. The number of nitrogens with one attached hydrogen (secondary N) is 2. The molecule has 2 N–H and O–H groups in total. The molecule has 0 spiro atoms. The van der Waals surface area contributed by atoms with E-state index in [1.165, 1.54) is 6.07 Å². The number of anilines is 2. The van der Waals surface area contributed by atoms with Gasteiger partial charge in [-0.05, 0) is 56.6 Å². The lowest BCUT2D eigenvalue weighted by Gasteiger charge is -2.21. The van der Waals surface area contributed by atoms with Crippen LogP contribution in [0.15, 0.2) is 36.4 Å². The fourth-order valence-corrected chi connectivity index (χ4v) is 2.98. The zero-order valence-electron chi connectivity index (χ0n) is 16.2. The number of carbonyl (C=O) groups is 1. The quantitative estimate of drug-likeness (QED) is 0.514. The molecule has 2 aromatic carbocycles. The van der Waals surface area contributed by atoms with Gasteiger partial charge in [0.05, 0.1) is 33.7 Å². The number of amides is 2. The number of rotatable bonds is 3. The molecule has 1 aliphatic heterocycles. The summed E-state index contributed by atoms with van der Waals surface area (Å²) >= 11 is 6.20. The van der Waals surface area contributed by atoms with Crippen LogP contribution in [0.1, 0.15) is 26.3 Å². The third kappa shape index (κ3) is 4.88. The molecule has 0 bridgehead atoms. The van der Waals surface area contributed by atoms with Gasteiger partial charge in [0.2, 0.25) is 0 Å². The topological polar surface area (TPSA) is 59.6 Å². The van der Waals surface area contributed by atoms with Gasteiger partial charge < -0.3 is 19.9 Å². The molecule has 1 aliphatic rings. The van der Waals surface area contributed by atoms with Gasteiger partial charge in [-0.15, -0.1) is 0 Å². The lowest BCUT2D eigenvalue weighted by atomic mass is 9.79. The van der Waals surface area contributed by atoms with Gasteiger partial charge >= 0.3 is 19.3 Å². The molecule has 1 atom stereocenters. The summed E-state index contributed by atoms with van der Waals surface area (Å²) in [5, 5.41) is 4.58. The van der Waals surface area contributed by atoms with Crippen molar-refractivity contribution in [3.05, 3.63) is 52.8 Å². The molecular formula is C19H18BClF4N2O3. The highest BCUT2D eigenvalue weighted by Crippen LogP contribution is 2.32. The molecule has 5 nitrogen and oxygen atoms in total. The molecule has 0 saturated carbocycles. The van der Waals surface area contributed by atoms with E-state index in [9.17, 15) is 22.4 Å². The monoisotopic (exact) mass is 444 g/mol. The number of halogens is 5. The first-order valence-electron chi connectivity index (χ1n) is 8.94. The normalized spacial score (nSPS) is 18.4. The van der Waals surface area contributed by atoms with Gasteiger partial charge in [-0.25, -0.2) is 9.18 Å². The number of hydrogen-bond acceptors (Lipinski definition) is 3. The third-order valence-corrected chi connectivity index (χ3v) is 5.09. The molecule has 1 fully saturated rings. The summed E-state index contributed by atoms with van der Waals surface area (Å²) in [7, 11) is -0.630. The molecule has 1 unspecified atom stereocenters. The van der Waals surface area contributed by atoms with E-state index in [1.807, 2.05) is 20.8 Å². The molecule has 1 heterocycles. The maximum Gasteiger partial charge on any atom is 0.494 e. The molecule has 2 amide bonds. The molecule has 30 heavy (non-hydrogen) atoms. The third-order valence-electron chi connectivity index (χ3n) is 4.77. The van der Waals surface area contributed by atoms with Crippen LogP contribution in [0.5, 0.6) is 0 Å². The molecular weight excluding hydrogens is 426 g/mol. The van der Waals surface area contributed by atoms with Crippen LogP contribution in [0.25, 0.3) is 0 Å². The Morgan fingerprint density at radius 3 is 2.37 bits per heavy atom. The Kier molecular flexibility index (Phi) is 6.04. The van der Waals surface area contributed by atoms with E-state index in [2.05, 4.69) is 10.6 Å². The SMILES string of the molecule is CC1OB(c2ccc(NC(=O)Nc3cc(C(F)(F)F)ccc3F)c(Cl)c2)OC1(C)C. The molecule has 2 aromatic rings. The second kappa shape index (κ2) is 8.09. The predicted molar refractivity (Wildman–Crippen MR) is 107 cm³/mol. The Morgan fingerprint density at radius 1 is 1.13 bits per heavy atom. The van der Waals surface area contributed by atoms with Gasteiger partial charge in [0.1, 0.15) is 5.82 Å². The molecule has 0 radical (unpaired) electrons. The Balaban J connectivity index is 1.71. The fourth-order valence-electron chi connectivity index (χ4n) is 2.75. The predicted octanol–water partition coefficient (Wildman–Crippen LogP) is 5.05. The number of urea groups is 1. The van der Waals surface area contributed by atoms with Crippen molar-refractivity contribution in [1.29, 1.82) is 0 Å². The number of carbonyl (C=O) groups excluding carboxylic acids is 1. The second-order valence-electron chi connectivity index (χ2n) is 7.34. The zero-order valence-corrected chi connectivity index (χ0v) is 17.0. The van der Waals surface area contributed by atoms with Crippen molar-refractivity contribution in [3.8, 4) is 0 Å². The van der Waals surface area contributed by atoms with Crippen molar-refractivity contribution in [3.63, 3.8) is 0 Å². The van der Waals surface area contributed by atoms with Crippen LogP contribution in [-0.4, -0.2) is 24.9 Å². The first-order valence-corrected chi connectivity index (χ1v) is 9.32. The van der Waals surface area contributed by atoms with Crippen LogP contribution in [0, 0.1) is 5.82 Å². The fraction of sp³-hybridized carbons (Fsp3) is 0.316. The minimum atomic E-state index is -4.67. The number of benzene rings is 2. The van der Waals surface area contributed by atoms with E-state index < -0.39 is 42.0 Å². The Morgan fingerprint density at radius 2 is 1.80 bits per heavy atom. The van der Waals surface area contributed by atoms with E-state index >= 15 is 0 Å². The summed E-state index contributed by atoms with van der Waals surface area (Å²) < 4.78 is 63.7. The average Bonchev–Trinajstić information content (AvgIpc) is 2.90. The highest BCUT2D eigenvalue weighted by molar-refractivity contribution is 6.62. The van der Waals surface area contributed by atoms with Gasteiger partial charge in [0, 0.05) is 0 Å². The van der Waals surface area contributed by atoms with E-state index in [1.54, 1.807) is 12.1 Å². The molecule has 0 aromatic heterocycles. The number of alkyl halides is 3. The van der Waals surface area contributed by atoms with Crippen molar-refractivity contribution in [2.75, 3.05) is 10.6 Å². The van der Waals surface area contributed by atoms with Crippen molar-refractivity contribution in [2.24, 2.45) is 0 Å². The second-order valence-corrected chi connectivity index (χ2v) is 7.75. The Labute approximate surface area is 175 Å². The molecule has 11 heteroatoms. The van der Waals surface area contributed by atoms with Gasteiger partial charge in [-0.2, -0.15) is 13.2 Å². The largest absolute Gasteiger partial charge is 0.494 e. The highest BCUT2D eigenvalue weighted by Gasteiger charge is 2.44. The Hall–Kier alpha value is -2.30. The van der Waals surface area contributed by atoms with Crippen LogP contribution >= 0.6 is 11.6 Å². The van der Waals surface area contributed by atoms with Crippen molar-refractivity contribution < 1.29 is 31.7 Å². The maximum atomic E-state index is 13.8. The molecule has 3 rings (SSSR count). The van der Waals surface area contributed by atoms with Crippen molar-refractivity contribution in [1.82, 2.24) is 0 Å². The van der Waals surface area contributed by atoms with Crippen LogP contribution in [0.2, 0.25) is 5.02 Å². The van der Waals surface area contributed by atoms with Crippen molar-refractivity contribution >= 4 is 41.6 Å².